The summed E-state index contributed by atoms with van der Waals surface area (Å²) in [6.07, 6.45) is 8.90. The van der Waals surface area contributed by atoms with Crippen LogP contribution < -0.4 is 0 Å². The minimum atomic E-state index is -0.374. The van der Waals surface area contributed by atoms with Gasteiger partial charge in [0.2, 0.25) is 0 Å². The van der Waals surface area contributed by atoms with E-state index in [2.05, 4.69) is 15.9 Å². The molecule has 1 saturated heterocycles. The molecule has 3 rings (SSSR count). The van der Waals surface area contributed by atoms with E-state index in [0.29, 0.717) is 15.5 Å². The first-order valence-corrected chi connectivity index (χ1v) is 8.63. The lowest BCUT2D eigenvalue weighted by Gasteiger charge is -2.44. The molecule has 1 aromatic carbocycles. The quantitative estimate of drug-likeness (QED) is 0.711. The van der Waals surface area contributed by atoms with Crippen molar-refractivity contribution in [2.24, 2.45) is 5.41 Å². The first-order chi connectivity index (χ1) is 10.1. The second-order valence-electron chi connectivity index (χ2n) is 6.48. The van der Waals surface area contributed by atoms with Crippen LogP contribution >= 0.6 is 15.9 Å². The summed E-state index contributed by atoms with van der Waals surface area (Å²) in [6, 6.07) is 4.63. The number of piperidine rings is 1. The molecule has 0 atom stereocenters. The zero-order chi connectivity index (χ0) is 14.9. The van der Waals surface area contributed by atoms with E-state index in [0.717, 1.165) is 25.9 Å². The van der Waals surface area contributed by atoms with E-state index >= 15 is 0 Å². The molecule has 1 aliphatic heterocycles. The number of benzene rings is 1. The molecule has 1 spiro atoms. The van der Waals surface area contributed by atoms with E-state index in [1.807, 2.05) is 4.90 Å². The second-order valence-corrected chi connectivity index (χ2v) is 7.34. The molecule has 114 valence electrons. The van der Waals surface area contributed by atoms with Crippen LogP contribution in [0.4, 0.5) is 4.39 Å². The Labute approximate surface area is 133 Å². The number of nitrogens with zero attached hydrogens (tertiary/aromatic N) is 1. The molecule has 0 bridgehead atoms. The largest absolute Gasteiger partial charge is 0.339 e. The van der Waals surface area contributed by atoms with Gasteiger partial charge >= 0.3 is 0 Å². The molecule has 21 heavy (non-hydrogen) atoms. The van der Waals surface area contributed by atoms with Crippen molar-refractivity contribution in [3.8, 4) is 0 Å². The van der Waals surface area contributed by atoms with Crippen LogP contribution in [0, 0.1) is 11.2 Å². The fourth-order valence-corrected chi connectivity index (χ4v) is 4.04. The predicted octanol–water partition coefficient (Wildman–Crippen LogP) is 4.77. The molecule has 0 unspecified atom stereocenters. The molecule has 2 nitrogen and oxygen atoms in total. The summed E-state index contributed by atoms with van der Waals surface area (Å²) in [5.41, 5.74) is 0.940. The fraction of sp³-hybridized carbons (Fsp3) is 0.588. The van der Waals surface area contributed by atoms with E-state index < -0.39 is 0 Å². The predicted molar refractivity (Wildman–Crippen MR) is 84.8 cm³/mol. The van der Waals surface area contributed by atoms with E-state index in [-0.39, 0.29) is 11.7 Å². The Balaban J connectivity index is 1.65. The smallest absolute Gasteiger partial charge is 0.253 e. The average molecular weight is 354 g/mol. The highest BCUT2D eigenvalue weighted by Gasteiger charge is 2.36. The summed E-state index contributed by atoms with van der Waals surface area (Å²) in [5.74, 6) is -0.409. The fourth-order valence-electron chi connectivity index (χ4n) is 3.80. The number of hydrogen-bond donors (Lipinski definition) is 0. The standard InChI is InChI=1S/C17H21BrFNO/c18-14-5-4-13(12-15(14)19)16(21)20-10-8-17(9-11-20)6-2-1-3-7-17/h4-5,12H,1-3,6-11H2. The minimum absolute atomic E-state index is 0.0351. The molecule has 1 aliphatic carbocycles. The van der Waals surface area contributed by atoms with Crippen molar-refractivity contribution in [3.63, 3.8) is 0 Å². The molecule has 1 saturated carbocycles. The molecule has 1 aromatic rings. The van der Waals surface area contributed by atoms with Crippen molar-refractivity contribution in [1.82, 2.24) is 4.90 Å². The van der Waals surface area contributed by atoms with Gasteiger partial charge in [0.05, 0.1) is 4.47 Å². The lowest BCUT2D eigenvalue weighted by Crippen LogP contribution is -2.43. The Hall–Kier alpha value is -0.900. The molecule has 1 amide bonds. The van der Waals surface area contributed by atoms with Crippen molar-refractivity contribution in [1.29, 1.82) is 0 Å². The van der Waals surface area contributed by atoms with E-state index in [4.69, 9.17) is 0 Å². The third kappa shape index (κ3) is 3.15. The van der Waals surface area contributed by atoms with Crippen molar-refractivity contribution in [2.75, 3.05) is 13.1 Å². The van der Waals surface area contributed by atoms with Gasteiger partial charge in [0.1, 0.15) is 5.82 Å². The van der Waals surface area contributed by atoms with Crippen LogP contribution in [-0.2, 0) is 0 Å². The number of amides is 1. The lowest BCUT2D eigenvalue weighted by molar-refractivity contribution is 0.0471. The molecular weight excluding hydrogens is 333 g/mol. The highest BCUT2D eigenvalue weighted by molar-refractivity contribution is 9.10. The number of rotatable bonds is 1. The molecule has 1 heterocycles. The van der Waals surface area contributed by atoms with E-state index in [9.17, 15) is 9.18 Å². The zero-order valence-corrected chi connectivity index (χ0v) is 13.8. The Morgan fingerprint density at radius 3 is 2.38 bits per heavy atom. The van der Waals surface area contributed by atoms with Gasteiger partial charge in [-0.3, -0.25) is 4.79 Å². The number of halogens is 2. The summed E-state index contributed by atoms with van der Waals surface area (Å²) < 4.78 is 14.0. The first kappa shape index (κ1) is 15.0. The van der Waals surface area contributed by atoms with Gasteiger partial charge in [0.15, 0.2) is 0 Å². The van der Waals surface area contributed by atoms with Crippen molar-refractivity contribution in [2.45, 2.75) is 44.9 Å². The zero-order valence-electron chi connectivity index (χ0n) is 12.2. The summed E-state index contributed by atoms with van der Waals surface area (Å²) in [6.45, 7) is 1.63. The van der Waals surface area contributed by atoms with Crippen molar-refractivity contribution >= 4 is 21.8 Å². The van der Waals surface area contributed by atoms with Gasteiger partial charge in [-0.15, -0.1) is 0 Å². The average Bonchev–Trinajstić information content (AvgIpc) is 2.51. The highest BCUT2D eigenvalue weighted by atomic mass is 79.9. The highest BCUT2D eigenvalue weighted by Crippen LogP contribution is 2.44. The Kier molecular flexibility index (Phi) is 4.34. The van der Waals surface area contributed by atoms with Gasteiger partial charge < -0.3 is 4.90 Å². The summed E-state index contributed by atoms with van der Waals surface area (Å²) in [5, 5.41) is 0. The normalized spacial score (nSPS) is 21.5. The van der Waals surface area contributed by atoms with Crippen LogP contribution in [-0.4, -0.2) is 23.9 Å². The third-order valence-corrected chi connectivity index (χ3v) is 5.84. The summed E-state index contributed by atoms with van der Waals surface area (Å²) in [7, 11) is 0. The Morgan fingerprint density at radius 2 is 1.76 bits per heavy atom. The number of hydrogen-bond acceptors (Lipinski definition) is 1. The van der Waals surface area contributed by atoms with Gasteiger partial charge in [0.25, 0.3) is 5.91 Å². The van der Waals surface area contributed by atoms with Crippen LogP contribution in [0.5, 0.6) is 0 Å². The third-order valence-electron chi connectivity index (χ3n) is 5.19. The molecule has 0 aromatic heterocycles. The molecule has 0 radical (unpaired) electrons. The Bertz CT molecular complexity index is 530. The number of carbonyl (C=O) groups excluding carboxylic acids is 1. The van der Waals surface area contributed by atoms with Gasteiger partial charge in [0, 0.05) is 18.7 Å². The van der Waals surface area contributed by atoms with Crippen LogP contribution in [0.15, 0.2) is 22.7 Å². The van der Waals surface area contributed by atoms with Gasteiger partial charge in [-0.1, -0.05) is 19.3 Å². The first-order valence-electron chi connectivity index (χ1n) is 7.84. The van der Waals surface area contributed by atoms with Crippen molar-refractivity contribution in [3.05, 3.63) is 34.1 Å². The molecule has 4 heteroatoms. The monoisotopic (exact) mass is 353 g/mol. The van der Waals surface area contributed by atoms with Gasteiger partial charge in [-0.25, -0.2) is 4.39 Å². The second kappa shape index (κ2) is 6.07. The Morgan fingerprint density at radius 1 is 1.10 bits per heavy atom. The summed E-state index contributed by atoms with van der Waals surface area (Å²) in [4.78, 5) is 14.4. The SMILES string of the molecule is O=C(c1ccc(Br)c(F)c1)N1CCC2(CCCCC2)CC1. The van der Waals surface area contributed by atoms with E-state index in [1.54, 1.807) is 12.1 Å². The maximum Gasteiger partial charge on any atom is 0.253 e. The van der Waals surface area contributed by atoms with Gasteiger partial charge in [-0.05, 0) is 65.2 Å². The van der Waals surface area contributed by atoms with Crippen LogP contribution in [0.1, 0.15) is 55.3 Å². The van der Waals surface area contributed by atoms with Crippen LogP contribution in [0.25, 0.3) is 0 Å². The van der Waals surface area contributed by atoms with Gasteiger partial charge in [-0.2, -0.15) is 0 Å². The van der Waals surface area contributed by atoms with Crippen LogP contribution in [0.3, 0.4) is 0 Å². The maximum absolute atomic E-state index is 13.6. The van der Waals surface area contributed by atoms with Crippen LogP contribution in [0.2, 0.25) is 0 Å². The minimum Gasteiger partial charge on any atom is -0.339 e. The molecular formula is C17H21BrFNO. The van der Waals surface area contributed by atoms with E-state index in [1.165, 1.54) is 38.2 Å². The topological polar surface area (TPSA) is 20.3 Å². The molecule has 2 aliphatic rings. The lowest BCUT2D eigenvalue weighted by atomic mass is 9.68. The maximum atomic E-state index is 13.6. The van der Waals surface area contributed by atoms with Crippen molar-refractivity contribution < 1.29 is 9.18 Å². The number of carbonyl (C=O) groups is 1. The molecule has 2 fully saturated rings. The molecule has 0 N–H and O–H groups in total. The number of likely N-dealkylation sites (tertiary alicyclic amines) is 1. The summed E-state index contributed by atoms with van der Waals surface area (Å²) >= 11 is 3.12.